The van der Waals surface area contributed by atoms with Crippen molar-refractivity contribution in [1.82, 2.24) is 10.2 Å². The lowest BCUT2D eigenvalue weighted by Gasteiger charge is -2.55. The van der Waals surface area contributed by atoms with Gasteiger partial charge in [-0.3, -0.25) is 14.5 Å². The minimum Gasteiger partial charge on any atom is -0.477 e. The Balaban J connectivity index is 2.39. The fourth-order valence-electron chi connectivity index (χ4n) is 2.15. The average molecular weight is 272 g/mol. The Morgan fingerprint density at radius 1 is 1.72 bits per heavy atom. The first kappa shape index (κ1) is 12.9. The van der Waals surface area contributed by atoms with Crippen molar-refractivity contribution in [3.05, 3.63) is 11.3 Å². The highest BCUT2D eigenvalue weighted by atomic mass is 32.2. The summed E-state index contributed by atoms with van der Waals surface area (Å²) in [6.07, 6.45) is 0.380. The van der Waals surface area contributed by atoms with Crippen molar-refractivity contribution in [2.24, 2.45) is 0 Å². The monoisotopic (exact) mass is 272 g/mol. The fourth-order valence-corrected chi connectivity index (χ4v) is 3.54. The number of ether oxygens (including phenoxy) is 1. The minimum atomic E-state index is -1.45. The van der Waals surface area contributed by atoms with Gasteiger partial charge in [0.15, 0.2) is 0 Å². The van der Waals surface area contributed by atoms with Crippen molar-refractivity contribution in [3.8, 4) is 0 Å². The summed E-state index contributed by atoms with van der Waals surface area (Å²) in [7, 11) is 1.30. The number of aliphatic carboxylic acids is 1. The highest BCUT2D eigenvalue weighted by Crippen LogP contribution is 2.46. The van der Waals surface area contributed by atoms with Crippen LogP contribution in [0.2, 0.25) is 0 Å². The van der Waals surface area contributed by atoms with E-state index < -0.39 is 23.0 Å². The summed E-state index contributed by atoms with van der Waals surface area (Å²) in [5.74, 6) is -1.24. The molecule has 2 N–H and O–H groups in total. The molecule has 0 radical (unpaired) electrons. The quantitative estimate of drug-likeness (QED) is 0.401. The number of carboxylic acid groups (broad SMARTS) is 1. The summed E-state index contributed by atoms with van der Waals surface area (Å²) in [5, 5.41) is 10.9. The highest BCUT2D eigenvalue weighted by Gasteiger charge is 2.65. The largest absolute Gasteiger partial charge is 0.477 e. The number of thioether (sulfide) groups is 1. The number of nitrogens with one attached hydrogen (secondary N) is 1. The van der Waals surface area contributed by atoms with E-state index in [9.17, 15) is 14.4 Å². The summed E-state index contributed by atoms with van der Waals surface area (Å²) in [4.78, 5) is 35.0. The molecule has 2 rings (SSSR count). The molecule has 7 nitrogen and oxygen atoms in total. The van der Waals surface area contributed by atoms with Gasteiger partial charge in [-0.25, -0.2) is 4.79 Å². The van der Waals surface area contributed by atoms with E-state index in [1.165, 1.54) is 18.9 Å². The first-order chi connectivity index (χ1) is 8.49. The number of fused-ring (bicyclic) bond motifs is 1. The van der Waals surface area contributed by atoms with Gasteiger partial charge in [0.05, 0.1) is 0 Å². The summed E-state index contributed by atoms with van der Waals surface area (Å²) in [5.41, 5.74) is -0.856. The molecule has 1 fully saturated rings. The van der Waals surface area contributed by atoms with Crippen LogP contribution in [0, 0.1) is 0 Å². The smallest absolute Gasteiger partial charge is 0.352 e. The molecule has 0 saturated carbocycles. The van der Waals surface area contributed by atoms with E-state index in [1.54, 1.807) is 6.92 Å². The number of carboxylic acids is 1. The van der Waals surface area contributed by atoms with Crippen LogP contribution in [0.3, 0.4) is 0 Å². The third-order valence-corrected chi connectivity index (χ3v) is 4.48. The first-order valence-electron chi connectivity index (χ1n) is 5.14. The maximum absolute atomic E-state index is 12.1. The van der Waals surface area contributed by atoms with Gasteiger partial charge in [0.25, 0.3) is 11.6 Å². The molecule has 0 spiro atoms. The van der Waals surface area contributed by atoms with Gasteiger partial charge in [-0.15, -0.1) is 11.8 Å². The van der Waals surface area contributed by atoms with Crippen LogP contribution in [0.25, 0.3) is 0 Å². The van der Waals surface area contributed by atoms with E-state index in [1.807, 2.05) is 0 Å². The molecule has 0 aromatic carbocycles. The van der Waals surface area contributed by atoms with E-state index in [4.69, 9.17) is 9.84 Å². The average Bonchev–Trinajstić information content (AvgIpc) is 2.34. The Morgan fingerprint density at radius 2 is 2.39 bits per heavy atom. The second-order valence-electron chi connectivity index (χ2n) is 3.97. The third-order valence-electron chi connectivity index (χ3n) is 3.02. The molecule has 2 aliphatic rings. The maximum atomic E-state index is 12.1. The molecule has 0 aromatic heterocycles. The van der Waals surface area contributed by atoms with Crippen LogP contribution < -0.4 is 5.32 Å². The van der Waals surface area contributed by atoms with E-state index in [0.717, 1.165) is 4.90 Å². The molecule has 0 bridgehead atoms. The van der Waals surface area contributed by atoms with E-state index >= 15 is 0 Å². The van der Waals surface area contributed by atoms with Crippen LogP contribution in [0.15, 0.2) is 11.3 Å². The molecular weight excluding hydrogens is 260 g/mol. The maximum Gasteiger partial charge on any atom is 0.352 e. The molecule has 2 heterocycles. The molecule has 0 aromatic rings. The van der Waals surface area contributed by atoms with E-state index in [2.05, 4.69) is 5.32 Å². The minimum absolute atomic E-state index is 0.0240. The number of methoxy groups -OCH3 is 1. The number of nitrogens with zero attached hydrogens (tertiary/aromatic N) is 1. The number of rotatable bonds is 4. The number of amides is 2. The second-order valence-corrected chi connectivity index (χ2v) is 5.04. The summed E-state index contributed by atoms with van der Waals surface area (Å²) in [6, 6.07) is 0. The normalized spacial score (nSPS) is 30.7. The predicted octanol–water partition coefficient (Wildman–Crippen LogP) is -0.651. The zero-order valence-electron chi connectivity index (χ0n) is 9.80. The van der Waals surface area contributed by atoms with Gasteiger partial charge < -0.3 is 15.2 Å². The van der Waals surface area contributed by atoms with Crippen molar-refractivity contribution >= 4 is 30.0 Å². The number of carbonyl (C=O) groups is 3. The zero-order chi connectivity index (χ0) is 13.5. The van der Waals surface area contributed by atoms with Crippen LogP contribution in [0.4, 0.5) is 0 Å². The Labute approximate surface area is 107 Å². The molecule has 2 aliphatic heterocycles. The lowest BCUT2D eigenvalue weighted by Crippen LogP contribution is -2.79. The summed E-state index contributed by atoms with van der Waals surface area (Å²) < 4.78 is 5.09. The first-order valence-corrected chi connectivity index (χ1v) is 6.19. The molecule has 98 valence electrons. The number of hydrogen-bond acceptors (Lipinski definition) is 5. The van der Waals surface area contributed by atoms with Crippen molar-refractivity contribution < 1.29 is 24.2 Å². The lowest BCUT2D eigenvalue weighted by molar-refractivity contribution is -0.190. The van der Waals surface area contributed by atoms with Crippen molar-refractivity contribution in [2.45, 2.75) is 18.0 Å². The van der Waals surface area contributed by atoms with Gasteiger partial charge in [0.2, 0.25) is 6.41 Å². The molecule has 8 heteroatoms. The predicted molar refractivity (Wildman–Crippen MR) is 62.4 cm³/mol. The van der Waals surface area contributed by atoms with Crippen molar-refractivity contribution in [3.63, 3.8) is 0 Å². The topological polar surface area (TPSA) is 95.9 Å². The Hall–Kier alpha value is -1.54. The van der Waals surface area contributed by atoms with Crippen LogP contribution in [-0.4, -0.2) is 52.3 Å². The van der Waals surface area contributed by atoms with Crippen molar-refractivity contribution in [2.75, 3.05) is 12.9 Å². The van der Waals surface area contributed by atoms with Crippen LogP contribution >= 0.6 is 11.8 Å². The Morgan fingerprint density at radius 3 is 2.89 bits per heavy atom. The third kappa shape index (κ3) is 1.45. The fraction of sp³-hybridized carbons (Fsp3) is 0.500. The van der Waals surface area contributed by atoms with Gasteiger partial charge in [0.1, 0.15) is 11.1 Å². The standard InChI is InChI=1S/C10H12N2O5S/c1-5-3-18-9-10(17-2,11-4-13)8(16)12(9)6(5)7(14)15/h4,9H,3H2,1-2H3,(H,11,13)(H,14,15)/t9-,10?/m0/s1. The highest BCUT2D eigenvalue weighted by molar-refractivity contribution is 8.00. The van der Waals surface area contributed by atoms with E-state index in [-0.39, 0.29) is 5.70 Å². The van der Waals surface area contributed by atoms with Crippen LogP contribution in [0.1, 0.15) is 6.92 Å². The van der Waals surface area contributed by atoms with Gasteiger partial charge in [0, 0.05) is 12.9 Å². The number of hydrogen-bond donors (Lipinski definition) is 2. The lowest BCUT2D eigenvalue weighted by atomic mass is 9.99. The number of carbonyl (C=O) groups excluding carboxylic acids is 2. The molecule has 18 heavy (non-hydrogen) atoms. The summed E-state index contributed by atoms with van der Waals surface area (Å²) in [6.45, 7) is 1.67. The van der Waals surface area contributed by atoms with Gasteiger partial charge >= 0.3 is 5.97 Å². The second kappa shape index (κ2) is 4.29. The van der Waals surface area contributed by atoms with Gasteiger partial charge in [-0.2, -0.15) is 0 Å². The van der Waals surface area contributed by atoms with Gasteiger partial charge in [-0.05, 0) is 12.5 Å². The molecule has 2 amide bonds. The van der Waals surface area contributed by atoms with E-state index in [0.29, 0.717) is 17.7 Å². The summed E-state index contributed by atoms with van der Waals surface area (Å²) >= 11 is 1.35. The zero-order valence-corrected chi connectivity index (χ0v) is 10.6. The molecule has 1 unspecified atom stereocenters. The van der Waals surface area contributed by atoms with Gasteiger partial charge in [-0.1, -0.05) is 0 Å². The molecule has 2 atom stereocenters. The van der Waals surface area contributed by atoms with Crippen LogP contribution in [0.5, 0.6) is 0 Å². The SMILES string of the molecule is COC1(NC=O)C(=O)N2C(C(=O)O)=C(C)CS[C@H]21. The van der Waals surface area contributed by atoms with Crippen molar-refractivity contribution in [1.29, 1.82) is 0 Å². The molecule has 0 aliphatic carbocycles. The van der Waals surface area contributed by atoms with Crippen LogP contribution in [-0.2, 0) is 19.1 Å². The number of β-lactam (4-membered cyclic amide) rings is 1. The Kier molecular flexibility index (Phi) is 3.07. The Bertz CT molecular complexity index is 463. The molecule has 1 saturated heterocycles. The molecular formula is C10H12N2O5S.